The predicted molar refractivity (Wildman–Crippen MR) is 54.1 cm³/mol. The van der Waals surface area contributed by atoms with Gasteiger partial charge in [0.25, 0.3) is 0 Å². The maximum atomic E-state index is 3.31. The first-order valence-corrected chi connectivity index (χ1v) is 4.41. The van der Waals surface area contributed by atoms with Crippen LogP contribution in [0.25, 0.3) is 0 Å². The number of nitrogens with one attached hydrogen (secondary N) is 3. The smallest absolute Gasteiger partial charge is 0.152 e. The van der Waals surface area contributed by atoms with Gasteiger partial charge < -0.3 is 10.6 Å². The van der Waals surface area contributed by atoms with Crippen molar-refractivity contribution in [3.05, 3.63) is 42.6 Å². The molecule has 2 rings (SSSR count). The van der Waals surface area contributed by atoms with Crippen molar-refractivity contribution < 1.29 is 0 Å². The second-order valence-corrected chi connectivity index (χ2v) is 2.92. The van der Waals surface area contributed by atoms with Crippen LogP contribution in [0.4, 0.5) is 5.69 Å². The normalized spacial score (nSPS) is 20.8. The number of rotatable bonds is 2. The summed E-state index contributed by atoms with van der Waals surface area (Å²) in [5.41, 5.74) is 1.11. The van der Waals surface area contributed by atoms with E-state index in [1.165, 1.54) is 0 Å². The lowest BCUT2D eigenvalue weighted by Gasteiger charge is -2.23. The van der Waals surface area contributed by atoms with Crippen molar-refractivity contribution in [3.63, 3.8) is 0 Å². The maximum absolute atomic E-state index is 3.31. The third kappa shape index (κ3) is 2.23. The van der Waals surface area contributed by atoms with Crippen LogP contribution in [0.2, 0.25) is 0 Å². The molecular weight excluding hydrogens is 162 g/mol. The van der Waals surface area contributed by atoms with E-state index in [2.05, 4.69) is 16.0 Å². The van der Waals surface area contributed by atoms with E-state index in [0.29, 0.717) is 0 Å². The molecule has 3 N–H and O–H groups in total. The highest BCUT2D eigenvalue weighted by Crippen LogP contribution is 2.05. The average molecular weight is 175 g/mol. The molecule has 0 bridgehead atoms. The van der Waals surface area contributed by atoms with E-state index in [-0.39, 0.29) is 6.29 Å². The van der Waals surface area contributed by atoms with E-state index in [1.54, 1.807) is 0 Å². The van der Waals surface area contributed by atoms with Crippen molar-refractivity contribution in [1.82, 2.24) is 10.6 Å². The van der Waals surface area contributed by atoms with E-state index < -0.39 is 0 Å². The zero-order chi connectivity index (χ0) is 8.93. The molecule has 0 amide bonds. The summed E-state index contributed by atoms with van der Waals surface area (Å²) < 4.78 is 0. The highest BCUT2D eigenvalue weighted by molar-refractivity contribution is 5.43. The van der Waals surface area contributed by atoms with Gasteiger partial charge in [0.1, 0.15) is 0 Å². The molecule has 3 nitrogen and oxygen atoms in total. The minimum absolute atomic E-state index is 0.132. The molecule has 1 aromatic rings. The molecule has 0 aliphatic carbocycles. The summed E-state index contributed by atoms with van der Waals surface area (Å²) >= 11 is 0. The van der Waals surface area contributed by atoms with Crippen LogP contribution in [-0.2, 0) is 0 Å². The first kappa shape index (κ1) is 8.13. The lowest BCUT2D eigenvalue weighted by molar-refractivity contribution is 0.527. The van der Waals surface area contributed by atoms with Crippen molar-refractivity contribution in [3.8, 4) is 0 Å². The summed E-state index contributed by atoms with van der Waals surface area (Å²) in [7, 11) is 0. The van der Waals surface area contributed by atoms with Crippen LogP contribution in [0, 0.1) is 0 Å². The first-order valence-electron chi connectivity index (χ1n) is 4.41. The summed E-state index contributed by atoms with van der Waals surface area (Å²) in [6.45, 7) is 0.900. The maximum Gasteiger partial charge on any atom is 0.152 e. The molecule has 1 aliphatic heterocycles. The zero-order valence-corrected chi connectivity index (χ0v) is 7.33. The van der Waals surface area contributed by atoms with Gasteiger partial charge in [-0.3, -0.25) is 5.32 Å². The van der Waals surface area contributed by atoms with Gasteiger partial charge in [-0.2, -0.15) is 0 Å². The molecule has 0 radical (unpaired) electrons. The van der Waals surface area contributed by atoms with Crippen LogP contribution < -0.4 is 16.0 Å². The van der Waals surface area contributed by atoms with Crippen molar-refractivity contribution in [2.24, 2.45) is 0 Å². The third-order valence-corrected chi connectivity index (χ3v) is 1.91. The van der Waals surface area contributed by atoms with E-state index in [1.807, 2.05) is 42.6 Å². The number of benzene rings is 1. The molecule has 0 saturated heterocycles. The number of para-hydroxylation sites is 1. The molecule has 0 aromatic heterocycles. The lowest BCUT2D eigenvalue weighted by atomic mass is 10.3. The summed E-state index contributed by atoms with van der Waals surface area (Å²) in [6, 6.07) is 10.1. The Bertz CT molecular complexity index is 281. The molecule has 68 valence electrons. The van der Waals surface area contributed by atoms with Crippen molar-refractivity contribution in [2.75, 3.05) is 11.9 Å². The van der Waals surface area contributed by atoms with Gasteiger partial charge in [-0.05, 0) is 18.3 Å². The van der Waals surface area contributed by atoms with Gasteiger partial charge in [0.05, 0.1) is 0 Å². The number of hydrogen-bond acceptors (Lipinski definition) is 3. The fourth-order valence-electron chi connectivity index (χ4n) is 1.26. The van der Waals surface area contributed by atoms with Gasteiger partial charge in [-0.15, -0.1) is 0 Å². The molecule has 1 unspecified atom stereocenters. The van der Waals surface area contributed by atoms with Crippen LogP contribution >= 0.6 is 0 Å². The molecule has 1 atom stereocenters. The van der Waals surface area contributed by atoms with E-state index in [0.717, 1.165) is 12.2 Å². The predicted octanol–water partition coefficient (Wildman–Crippen LogP) is 1.09. The summed E-state index contributed by atoms with van der Waals surface area (Å²) in [6.07, 6.45) is 4.13. The van der Waals surface area contributed by atoms with Gasteiger partial charge >= 0.3 is 0 Å². The fraction of sp³-hybridized carbons (Fsp3) is 0.200. The lowest BCUT2D eigenvalue weighted by Crippen LogP contribution is -2.48. The Balaban J connectivity index is 1.94. The van der Waals surface area contributed by atoms with Crippen LogP contribution in [0.5, 0.6) is 0 Å². The van der Waals surface area contributed by atoms with Crippen LogP contribution in [0.3, 0.4) is 0 Å². The Morgan fingerprint density at radius 2 is 2.08 bits per heavy atom. The summed E-state index contributed by atoms with van der Waals surface area (Å²) in [5.74, 6) is 0. The quantitative estimate of drug-likeness (QED) is 0.629. The number of anilines is 1. The number of hydrogen-bond donors (Lipinski definition) is 3. The topological polar surface area (TPSA) is 36.1 Å². The average Bonchev–Trinajstić information content (AvgIpc) is 2.21. The molecule has 0 fully saturated rings. The van der Waals surface area contributed by atoms with Crippen molar-refractivity contribution in [1.29, 1.82) is 0 Å². The monoisotopic (exact) mass is 175 g/mol. The minimum atomic E-state index is 0.132. The standard InChI is InChI=1S/C10H13N3/c1-2-5-9(6-3-1)13-10-11-7-4-8-12-10/h1-7,10-13H,8H2. The van der Waals surface area contributed by atoms with Crippen LogP contribution in [0.15, 0.2) is 42.6 Å². The Labute approximate surface area is 77.8 Å². The highest BCUT2D eigenvalue weighted by atomic mass is 15.3. The fourth-order valence-corrected chi connectivity index (χ4v) is 1.26. The Kier molecular flexibility index (Phi) is 2.48. The Morgan fingerprint density at radius 1 is 1.23 bits per heavy atom. The first-order chi connectivity index (χ1) is 6.45. The van der Waals surface area contributed by atoms with Gasteiger partial charge in [0.2, 0.25) is 0 Å². The van der Waals surface area contributed by atoms with Gasteiger partial charge in [-0.25, -0.2) is 0 Å². The second-order valence-electron chi connectivity index (χ2n) is 2.92. The Hall–Kier alpha value is -1.48. The SMILES string of the molecule is C1=CNC(Nc2ccccc2)NC1. The van der Waals surface area contributed by atoms with Gasteiger partial charge in [0.15, 0.2) is 6.29 Å². The molecule has 13 heavy (non-hydrogen) atoms. The van der Waals surface area contributed by atoms with Crippen LogP contribution in [0.1, 0.15) is 0 Å². The molecule has 1 aliphatic rings. The van der Waals surface area contributed by atoms with E-state index >= 15 is 0 Å². The van der Waals surface area contributed by atoms with Gasteiger partial charge in [-0.1, -0.05) is 24.3 Å². The van der Waals surface area contributed by atoms with E-state index in [9.17, 15) is 0 Å². The van der Waals surface area contributed by atoms with E-state index in [4.69, 9.17) is 0 Å². The second kappa shape index (κ2) is 3.96. The van der Waals surface area contributed by atoms with Gasteiger partial charge in [0, 0.05) is 12.2 Å². The molecule has 0 spiro atoms. The summed E-state index contributed by atoms with van der Waals surface area (Å²) in [4.78, 5) is 0. The minimum Gasteiger partial charge on any atom is -0.360 e. The zero-order valence-electron chi connectivity index (χ0n) is 7.33. The third-order valence-electron chi connectivity index (χ3n) is 1.91. The Morgan fingerprint density at radius 3 is 2.77 bits per heavy atom. The molecule has 0 saturated carbocycles. The largest absolute Gasteiger partial charge is 0.360 e. The molecular formula is C10H13N3. The highest BCUT2D eigenvalue weighted by Gasteiger charge is 2.05. The molecule has 3 heteroatoms. The van der Waals surface area contributed by atoms with Crippen LogP contribution in [-0.4, -0.2) is 12.8 Å². The van der Waals surface area contributed by atoms with Crippen molar-refractivity contribution >= 4 is 5.69 Å². The summed E-state index contributed by atoms with van der Waals surface area (Å²) in [5, 5.41) is 9.73. The van der Waals surface area contributed by atoms with Crippen molar-refractivity contribution in [2.45, 2.75) is 6.29 Å². The molecule has 1 heterocycles. The molecule has 1 aromatic carbocycles.